The van der Waals surface area contributed by atoms with Crippen LogP contribution >= 0.6 is 0 Å². The third-order valence-electron chi connectivity index (χ3n) is 3.12. The molecular formula is C15H23FN2O2. The van der Waals surface area contributed by atoms with Crippen LogP contribution in [0.1, 0.15) is 29.3 Å². The summed E-state index contributed by atoms with van der Waals surface area (Å²) < 4.78 is 13.5. The van der Waals surface area contributed by atoms with Crippen LogP contribution in [0.25, 0.3) is 0 Å². The van der Waals surface area contributed by atoms with Crippen LogP contribution in [0.4, 0.5) is 4.39 Å². The van der Waals surface area contributed by atoms with Crippen molar-refractivity contribution in [2.45, 2.75) is 19.9 Å². The number of carbonyl (C=O) groups excluding carboxylic acids is 1. The molecule has 0 radical (unpaired) electrons. The smallest absolute Gasteiger partial charge is 0.163 e. The summed E-state index contributed by atoms with van der Waals surface area (Å²) >= 11 is 0. The zero-order valence-electron chi connectivity index (χ0n) is 12.6. The molecule has 0 fully saturated rings. The van der Waals surface area contributed by atoms with Crippen molar-refractivity contribution in [2.75, 3.05) is 34.2 Å². The van der Waals surface area contributed by atoms with Crippen LogP contribution in [-0.4, -0.2) is 54.9 Å². The Hall–Kier alpha value is -1.46. The molecule has 112 valence electrons. The molecule has 5 heteroatoms. The first-order valence-corrected chi connectivity index (χ1v) is 6.67. The number of hydrogen-bond donors (Lipinski definition) is 1. The van der Waals surface area contributed by atoms with Crippen molar-refractivity contribution in [1.29, 1.82) is 0 Å². The molecule has 0 bridgehead atoms. The molecule has 0 aliphatic rings. The fourth-order valence-electron chi connectivity index (χ4n) is 2.07. The Bertz CT molecular complexity index is 475. The quantitative estimate of drug-likeness (QED) is 0.778. The highest BCUT2D eigenvalue weighted by Crippen LogP contribution is 2.25. The van der Waals surface area contributed by atoms with Gasteiger partial charge in [-0.1, -0.05) is 0 Å². The standard InChI is InChI=1S/C15H23FN2O2/c1-11(19)14-9-13(16)8-12(15(14)20)10-18(4)7-5-6-17(2)3/h8-9,20H,5-7,10H2,1-4H3. The SMILES string of the molecule is CC(=O)c1cc(F)cc(CN(C)CCCN(C)C)c1O. The molecule has 1 aromatic carbocycles. The topological polar surface area (TPSA) is 43.8 Å². The predicted octanol–water partition coefficient (Wildman–Crippen LogP) is 2.12. The van der Waals surface area contributed by atoms with Crippen molar-refractivity contribution in [2.24, 2.45) is 0 Å². The number of aromatic hydroxyl groups is 1. The van der Waals surface area contributed by atoms with Gasteiger partial charge in [0, 0.05) is 12.1 Å². The number of carbonyl (C=O) groups is 1. The highest BCUT2D eigenvalue weighted by molar-refractivity contribution is 5.97. The third-order valence-corrected chi connectivity index (χ3v) is 3.12. The Kier molecular flexibility index (Phi) is 6.10. The van der Waals surface area contributed by atoms with Crippen LogP contribution in [-0.2, 0) is 6.54 Å². The highest BCUT2D eigenvalue weighted by Gasteiger charge is 2.14. The van der Waals surface area contributed by atoms with Crippen LogP contribution in [0, 0.1) is 5.82 Å². The van der Waals surface area contributed by atoms with E-state index in [1.54, 1.807) is 0 Å². The van der Waals surface area contributed by atoms with Gasteiger partial charge in [-0.2, -0.15) is 0 Å². The summed E-state index contributed by atoms with van der Waals surface area (Å²) in [7, 11) is 5.93. The van der Waals surface area contributed by atoms with E-state index in [0.29, 0.717) is 12.1 Å². The maximum Gasteiger partial charge on any atom is 0.163 e. The minimum Gasteiger partial charge on any atom is -0.507 e. The normalized spacial score (nSPS) is 11.3. The van der Waals surface area contributed by atoms with Gasteiger partial charge in [0.15, 0.2) is 5.78 Å². The second-order valence-electron chi connectivity index (χ2n) is 5.41. The summed E-state index contributed by atoms with van der Waals surface area (Å²) in [6.07, 6.45) is 0.985. The molecule has 0 aliphatic carbocycles. The zero-order chi connectivity index (χ0) is 15.3. The van der Waals surface area contributed by atoms with Crippen LogP contribution < -0.4 is 0 Å². The maximum absolute atomic E-state index is 13.5. The largest absolute Gasteiger partial charge is 0.507 e. The monoisotopic (exact) mass is 282 g/mol. The summed E-state index contributed by atoms with van der Waals surface area (Å²) in [6.45, 7) is 3.54. The van der Waals surface area contributed by atoms with E-state index < -0.39 is 5.82 Å². The zero-order valence-corrected chi connectivity index (χ0v) is 12.6. The van der Waals surface area contributed by atoms with E-state index in [0.717, 1.165) is 25.6 Å². The van der Waals surface area contributed by atoms with E-state index in [4.69, 9.17) is 0 Å². The lowest BCUT2D eigenvalue weighted by Crippen LogP contribution is -2.23. The van der Waals surface area contributed by atoms with Crippen molar-refractivity contribution < 1.29 is 14.3 Å². The van der Waals surface area contributed by atoms with Gasteiger partial charge >= 0.3 is 0 Å². The van der Waals surface area contributed by atoms with Gasteiger partial charge in [-0.15, -0.1) is 0 Å². The maximum atomic E-state index is 13.5. The van der Waals surface area contributed by atoms with Crippen LogP contribution in [0.3, 0.4) is 0 Å². The Morgan fingerprint density at radius 2 is 1.90 bits per heavy atom. The second-order valence-corrected chi connectivity index (χ2v) is 5.41. The van der Waals surface area contributed by atoms with Crippen molar-refractivity contribution >= 4 is 5.78 Å². The lowest BCUT2D eigenvalue weighted by molar-refractivity contribution is 0.101. The predicted molar refractivity (Wildman–Crippen MR) is 77.6 cm³/mol. The number of ketones is 1. The Labute approximate surface area is 119 Å². The fourth-order valence-corrected chi connectivity index (χ4v) is 2.07. The lowest BCUT2D eigenvalue weighted by atomic mass is 10.0. The fraction of sp³-hybridized carbons (Fsp3) is 0.533. The van der Waals surface area contributed by atoms with Crippen molar-refractivity contribution in [1.82, 2.24) is 9.80 Å². The molecule has 1 aromatic rings. The number of phenols is 1. The number of phenolic OH excluding ortho intramolecular Hbond substituents is 1. The first kappa shape index (κ1) is 16.6. The van der Waals surface area contributed by atoms with Gasteiger partial charge in [-0.3, -0.25) is 4.79 Å². The van der Waals surface area contributed by atoms with Gasteiger partial charge in [0.25, 0.3) is 0 Å². The van der Waals surface area contributed by atoms with Crippen LogP contribution in [0.2, 0.25) is 0 Å². The molecule has 0 spiro atoms. The van der Waals surface area contributed by atoms with E-state index in [2.05, 4.69) is 4.90 Å². The van der Waals surface area contributed by atoms with Crippen molar-refractivity contribution in [3.63, 3.8) is 0 Å². The molecule has 0 heterocycles. The summed E-state index contributed by atoms with van der Waals surface area (Å²) in [5.41, 5.74) is 0.490. The van der Waals surface area contributed by atoms with E-state index in [1.165, 1.54) is 13.0 Å². The van der Waals surface area contributed by atoms with Gasteiger partial charge in [-0.25, -0.2) is 4.39 Å². The highest BCUT2D eigenvalue weighted by atomic mass is 19.1. The van der Waals surface area contributed by atoms with Gasteiger partial charge in [0.1, 0.15) is 11.6 Å². The number of nitrogens with zero attached hydrogens (tertiary/aromatic N) is 2. The number of halogens is 1. The lowest BCUT2D eigenvalue weighted by Gasteiger charge is -2.19. The molecular weight excluding hydrogens is 259 g/mol. The molecule has 0 saturated heterocycles. The third kappa shape index (κ3) is 4.90. The van der Waals surface area contributed by atoms with Gasteiger partial charge in [0.05, 0.1) is 5.56 Å². The van der Waals surface area contributed by atoms with Gasteiger partial charge < -0.3 is 14.9 Å². The first-order valence-electron chi connectivity index (χ1n) is 6.67. The van der Waals surface area contributed by atoms with Gasteiger partial charge in [0.2, 0.25) is 0 Å². The van der Waals surface area contributed by atoms with E-state index >= 15 is 0 Å². The minimum absolute atomic E-state index is 0.0432. The molecule has 0 aromatic heterocycles. The average Bonchev–Trinajstić information content (AvgIpc) is 2.32. The number of rotatable bonds is 7. The molecule has 4 nitrogen and oxygen atoms in total. The molecule has 20 heavy (non-hydrogen) atoms. The van der Waals surface area contributed by atoms with Crippen LogP contribution in [0.15, 0.2) is 12.1 Å². The molecule has 0 aliphatic heterocycles. The van der Waals surface area contributed by atoms with Crippen molar-refractivity contribution in [3.05, 3.63) is 29.1 Å². The van der Waals surface area contributed by atoms with E-state index in [-0.39, 0.29) is 17.1 Å². The summed E-state index contributed by atoms with van der Waals surface area (Å²) in [6, 6.07) is 2.36. The Balaban J connectivity index is 2.74. The molecule has 0 atom stereocenters. The van der Waals surface area contributed by atoms with Crippen molar-refractivity contribution in [3.8, 4) is 5.75 Å². The second kappa shape index (κ2) is 7.36. The molecule has 1 N–H and O–H groups in total. The van der Waals surface area contributed by atoms with Gasteiger partial charge in [-0.05, 0) is 59.7 Å². The van der Waals surface area contributed by atoms with E-state index in [9.17, 15) is 14.3 Å². The number of Topliss-reactive ketones (excluding diaryl/α,β-unsaturated/α-hetero) is 1. The summed E-state index contributed by atoms with van der Waals surface area (Å²) in [4.78, 5) is 15.5. The minimum atomic E-state index is -0.496. The Morgan fingerprint density at radius 1 is 1.25 bits per heavy atom. The Morgan fingerprint density at radius 3 is 2.45 bits per heavy atom. The molecule has 0 saturated carbocycles. The summed E-state index contributed by atoms with van der Waals surface area (Å²) in [5.74, 6) is -0.943. The summed E-state index contributed by atoms with van der Waals surface area (Å²) in [5, 5.41) is 10.0. The van der Waals surface area contributed by atoms with E-state index in [1.807, 2.05) is 26.0 Å². The van der Waals surface area contributed by atoms with Crippen LogP contribution in [0.5, 0.6) is 5.75 Å². The molecule has 1 rings (SSSR count). The molecule has 0 unspecified atom stereocenters. The first-order chi connectivity index (χ1) is 9.31. The number of hydrogen-bond acceptors (Lipinski definition) is 4. The average molecular weight is 282 g/mol. The molecule has 0 amide bonds. The number of benzene rings is 1.